The van der Waals surface area contributed by atoms with Gasteiger partial charge in [0.15, 0.2) is 5.82 Å². The molecule has 7 heteroatoms. The first-order chi connectivity index (χ1) is 7.95. The highest BCUT2D eigenvalue weighted by Crippen LogP contribution is 2.24. The Kier molecular flexibility index (Phi) is 5.16. The maximum absolute atomic E-state index is 13.2. The number of nitrogens with zero attached hydrogens (tertiary/aromatic N) is 1. The van der Waals surface area contributed by atoms with Gasteiger partial charge in [-0.1, -0.05) is 0 Å². The molecule has 0 fully saturated rings. The van der Waals surface area contributed by atoms with Crippen molar-refractivity contribution in [2.75, 3.05) is 6.61 Å². The number of hydrogen-bond acceptors (Lipinski definition) is 3. The Bertz CT molecular complexity index is 426. The number of rotatable bonds is 4. The van der Waals surface area contributed by atoms with Crippen LogP contribution in [0.4, 0.5) is 13.2 Å². The molecule has 3 nitrogen and oxygen atoms in total. The number of aromatic nitrogens is 1. The number of pyridine rings is 1. The van der Waals surface area contributed by atoms with E-state index in [1.807, 2.05) is 0 Å². The smallest absolute Gasteiger partial charge is 0.310 e. The van der Waals surface area contributed by atoms with E-state index in [-0.39, 0.29) is 15.9 Å². The molecule has 0 radical (unpaired) electrons. The van der Waals surface area contributed by atoms with Crippen LogP contribution in [0, 0.1) is 9.52 Å². The van der Waals surface area contributed by atoms with E-state index in [0.29, 0.717) is 0 Å². The molecule has 1 aromatic heterocycles. The summed E-state index contributed by atoms with van der Waals surface area (Å²) >= 11 is 1.51. The van der Waals surface area contributed by atoms with Crippen molar-refractivity contribution < 1.29 is 22.7 Å². The predicted molar refractivity (Wildman–Crippen MR) is 62.2 cm³/mol. The largest absolute Gasteiger partial charge is 0.466 e. The quantitative estimate of drug-likeness (QED) is 0.472. The average Bonchev–Trinajstić information content (AvgIpc) is 2.23. The highest BCUT2D eigenvalue weighted by atomic mass is 127. The second-order valence-corrected chi connectivity index (χ2v) is 4.11. The predicted octanol–water partition coefficient (Wildman–Crippen LogP) is 2.87. The van der Waals surface area contributed by atoms with E-state index in [9.17, 15) is 18.0 Å². The molecule has 1 heterocycles. The van der Waals surface area contributed by atoms with Crippen LogP contribution in [-0.4, -0.2) is 17.6 Å². The van der Waals surface area contributed by atoms with Gasteiger partial charge in [0.2, 0.25) is 0 Å². The molecule has 0 amide bonds. The van der Waals surface area contributed by atoms with Crippen LogP contribution in [0.3, 0.4) is 0 Å². The van der Waals surface area contributed by atoms with Crippen LogP contribution >= 0.6 is 22.6 Å². The Balaban J connectivity index is 3.04. The van der Waals surface area contributed by atoms with Gasteiger partial charge < -0.3 is 4.74 Å². The van der Waals surface area contributed by atoms with Gasteiger partial charge in [-0.25, -0.2) is 18.2 Å². The van der Waals surface area contributed by atoms with Crippen LogP contribution in [0.5, 0.6) is 0 Å². The van der Waals surface area contributed by atoms with Crippen molar-refractivity contribution in [1.82, 2.24) is 4.98 Å². The lowest BCUT2D eigenvalue weighted by molar-refractivity contribution is -0.142. The first kappa shape index (κ1) is 14.2. The molecular formula is C10H9F3INO2. The highest BCUT2D eigenvalue weighted by Gasteiger charge is 2.20. The number of halogens is 4. The van der Waals surface area contributed by atoms with Crippen LogP contribution in [0.2, 0.25) is 0 Å². The summed E-state index contributed by atoms with van der Waals surface area (Å²) in [6, 6.07) is 0.896. The van der Waals surface area contributed by atoms with E-state index in [1.54, 1.807) is 6.92 Å². The average molecular weight is 359 g/mol. The Morgan fingerprint density at radius 2 is 2.24 bits per heavy atom. The summed E-state index contributed by atoms with van der Waals surface area (Å²) in [5.74, 6) is -1.41. The summed E-state index contributed by atoms with van der Waals surface area (Å²) in [6.45, 7) is 1.74. The number of esters is 1. The standard InChI is InChI=1S/C10H9F3INO2/c1-2-17-7(16)4-5-3-6(11)10(14)15-8(5)9(12)13/h3,9H,2,4H2,1H3. The normalized spacial score (nSPS) is 10.7. The molecule has 0 unspecified atom stereocenters. The van der Waals surface area contributed by atoms with Crippen molar-refractivity contribution in [2.45, 2.75) is 19.8 Å². The molecule has 1 aromatic rings. The Morgan fingerprint density at radius 1 is 1.59 bits per heavy atom. The van der Waals surface area contributed by atoms with Crippen LogP contribution in [0.15, 0.2) is 6.07 Å². The topological polar surface area (TPSA) is 39.2 Å². The molecule has 0 atom stereocenters. The van der Waals surface area contributed by atoms with Crippen LogP contribution < -0.4 is 0 Å². The van der Waals surface area contributed by atoms with Gasteiger partial charge in [-0.15, -0.1) is 0 Å². The maximum atomic E-state index is 13.2. The van der Waals surface area contributed by atoms with E-state index >= 15 is 0 Å². The first-order valence-corrected chi connectivity index (χ1v) is 5.82. The van der Waals surface area contributed by atoms with Crippen LogP contribution in [0.1, 0.15) is 24.6 Å². The molecule has 0 aliphatic heterocycles. The zero-order chi connectivity index (χ0) is 13.0. The van der Waals surface area contributed by atoms with Crippen LogP contribution in [0.25, 0.3) is 0 Å². The number of alkyl halides is 2. The molecular weight excluding hydrogens is 350 g/mol. The summed E-state index contributed by atoms with van der Waals surface area (Å²) in [5.41, 5.74) is -0.722. The summed E-state index contributed by atoms with van der Waals surface area (Å²) in [7, 11) is 0. The number of hydrogen-bond donors (Lipinski definition) is 0. The molecule has 0 spiro atoms. The van der Waals surface area contributed by atoms with Gasteiger partial charge in [0.1, 0.15) is 9.39 Å². The third-order valence-electron chi connectivity index (χ3n) is 1.89. The molecule has 0 N–H and O–H groups in total. The van der Waals surface area contributed by atoms with E-state index < -0.39 is 30.3 Å². The first-order valence-electron chi connectivity index (χ1n) is 4.74. The number of ether oxygens (including phenoxy) is 1. The minimum Gasteiger partial charge on any atom is -0.466 e. The van der Waals surface area contributed by atoms with Crippen molar-refractivity contribution in [3.05, 3.63) is 26.8 Å². The second kappa shape index (κ2) is 6.18. The lowest BCUT2D eigenvalue weighted by Gasteiger charge is -2.08. The minimum absolute atomic E-state index is 0.142. The molecule has 0 saturated heterocycles. The Hall–Kier alpha value is -0.860. The summed E-state index contributed by atoms with van der Waals surface area (Å²) < 4.78 is 42.9. The number of carbonyl (C=O) groups excluding carboxylic acids is 1. The summed E-state index contributed by atoms with van der Waals surface area (Å²) in [4.78, 5) is 14.6. The highest BCUT2D eigenvalue weighted by molar-refractivity contribution is 14.1. The van der Waals surface area contributed by atoms with Gasteiger partial charge in [0.25, 0.3) is 6.43 Å². The fourth-order valence-electron chi connectivity index (χ4n) is 1.22. The SMILES string of the molecule is CCOC(=O)Cc1cc(F)c(I)nc1C(F)F. The lowest BCUT2D eigenvalue weighted by atomic mass is 10.1. The maximum Gasteiger partial charge on any atom is 0.310 e. The van der Waals surface area contributed by atoms with E-state index in [0.717, 1.165) is 6.07 Å². The van der Waals surface area contributed by atoms with Gasteiger partial charge in [-0.3, -0.25) is 4.79 Å². The van der Waals surface area contributed by atoms with E-state index in [4.69, 9.17) is 0 Å². The van der Waals surface area contributed by atoms with Gasteiger partial charge >= 0.3 is 5.97 Å². The van der Waals surface area contributed by atoms with Gasteiger partial charge in [-0.2, -0.15) is 0 Å². The molecule has 0 aromatic carbocycles. The minimum atomic E-state index is -2.85. The molecule has 0 aliphatic carbocycles. The summed E-state index contributed by atoms with van der Waals surface area (Å²) in [6.07, 6.45) is -3.26. The lowest BCUT2D eigenvalue weighted by Crippen LogP contribution is -2.11. The van der Waals surface area contributed by atoms with E-state index in [2.05, 4.69) is 9.72 Å². The van der Waals surface area contributed by atoms with Gasteiger partial charge in [-0.05, 0) is 41.1 Å². The monoisotopic (exact) mass is 359 g/mol. The fourth-order valence-corrected chi connectivity index (χ4v) is 1.63. The van der Waals surface area contributed by atoms with Crippen molar-refractivity contribution in [1.29, 1.82) is 0 Å². The molecule has 17 heavy (non-hydrogen) atoms. The second-order valence-electron chi connectivity index (χ2n) is 3.09. The van der Waals surface area contributed by atoms with Crippen molar-refractivity contribution in [3.63, 3.8) is 0 Å². The molecule has 0 bridgehead atoms. The van der Waals surface area contributed by atoms with Crippen molar-refractivity contribution in [3.8, 4) is 0 Å². The molecule has 0 saturated carbocycles. The zero-order valence-electron chi connectivity index (χ0n) is 8.84. The third-order valence-corrected chi connectivity index (χ3v) is 2.65. The van der Waals surface area contributed by atoms with E-state index in [1.165, 1.54) is 22.6 Å². The Morgan fingerprint density at radius 3 is 2.76 bits per heavy atom. The van der Waals surface area contributed by atoms with Crippen molar-refractivity contribution >= 4 is 28.6 Å². The number of carbonyl (C=O) groups is 1. The Labute approximate surface area is 110 Å². The third kappa shape index (κ3) is 3.83. The van der Waals surface area contributed by atoms with Crippen LogP contribution in [-0.2, 0) is 16.0 Å². The van der Waals surface area contributed by atoms with Crippen molar-refractivity contribution in [2.24, 2.45) is 0 Å². The molecule has 0 aliphatic rings. The van der Waals surface area contributed by atoms with Gasteiger partial charge in [0.05, 0.1) is 13.0 Å². The zero-order valence-corrected chi connectivity index (χ0v) is 11.0. The molecule has 94 valence electrons. The molecule has 1 rings (SSSR count). The fraction of sp³-hybridized carbons (Fsp3) is 0.400. The summed E-state index contributed by atoms with van der Waals surface area (Å²) in [5, 5.41) is 0. The van der Waals surface area contributed by atoms with Gasteiger partial charge in [0, 0.05) is 0 Å².